The van der Waals surface area contributed by atoms with Crippen molar-refractivity contribution in [2.45, 2.75) is 32.9 Å². The first-order valence-corrected chi connectivity index (χ1v) is 9.33. The molecule has 0 fully saturated rings. The number of rotatable bonds is 9. The smallest absolute Gasteiger partial charge is 0.408 e. The SMILES string of the molecule is CC[C@@H](C)[C@H](NC(=O)OCc1ccccc1)C(=O)OCC(=O)c1ccc(F)cc1. The molecule has 2 aromatic carbocycles. The van der Waals surface area contributed by atoms with E-state index in [1.807, 2.05) is 37.3 Å². The van der Waals surface area contributed by atoms with Crippen molar-refractivity contribution in [1.29, 1.82) is 0 Å². The number of esters is 1. The van der Waals surface area contributed by atoms with Crippen LogP contribution < -0.4 is 5.32 Å². The maximum absolute atomic E-state index is 12.9. The Morgan fingerprint density at radius 3 is 2.28 bits per heavy atom. The van der Waals surface area contributed by atoms with Crippen LogP contribution in [-0.2, 0) is 20.9 Å². The average molecular weight is 401 g/mol. The molecule has 6 nitrogen and oxygen atoms in total. The Hall–Kier alpha value is -3.22. The van der Waals surface area contributed by atoms with Crippen molar-refractivity contribution >= 4 is 17.8 Å². The Morgan fingerprint density at radius 2 is 1.66 bits per heavy atom. The zero-order valence-electron chi connectivity index (χ0n) is 16.4. The predicted molar refractivity (Wildman–Crippen MR) is 105 cm³/mol. The molecule has 0 aliphatic rings. The number of ether oxygens (including phenoxy) is 2. The van der Waals surface area contributed by atoms with E-state index >= 15 is 0 Å². The van der Waals surface area contributed by atoms with Crippen LogP contribution in [0.15, 0.2) is 54.6 Å². The normalized spacial score (nSPS) is 12.5. The molecule has 0 aliphatic heterocycles. The molecule has 0 spiro atoms. The summed E-state index contributed by atoms with van der Waals surface area (Å²) in [5.41, 5.74) is 1.05. The molecule has 2 rings (SSSR count). The van der Waals surface area contributed by atoms with Crippen molar-refractivity contribution < 1.29 is 28.2 Å². The Bertz CT molecular complexity index is 823. The Labute approximate surface area is 169 Å². The standard InChI is InChI=1S/C22H24FNO5/c1-3-15(2)20(24-22(27)29-13-16-7-5-4-6-8-16)21(26)28-14-19(25)17-9-11-18(23)12-10-17/h4-12,15,20H,3,13-14H2,1-2H3,(H,24,27)/t15-,20+/m1/s1. The zero-order chi connectivity index (χ0) is 21.2. The fourth-order valence-electron chi connectivity index (χ4n) is 2.51. The van der Waals surface area contributed by atoms with E-state index in [1.165, 1.54) is 12.1 Å². The number of alkyl carbamates (subject to hydrolysis) is 1. The van der Waals surface area contributed by atoms with Crippen LogP contribution in [0.1, 0.15) is 36.2 Å². The Balaban J connectivity index is 1.90. The van der Waals surface area contributed by atoms with Gasteiger partial charge >= 0.3 is 12.1 Å². The lowest BCUT2D eigenvalue weighted by Crippen LogP contribution is -2.46. The fourth-order valence-corrected chi connectivity index (χ4v) is 2.51. The van der Waals surface area contributed by atoms with Gasteiger partial charge < -0.3 is 14.8 Å². The largest absolute Gasteiger partial charge is 0.456 e. The third kappa shape index (κ3) is 7.03. The number of carbonyl (C=O) groups is 3. The van der Waals surface area contributed by atoms with Gasteiger partial charge in [0.2, 0.25) is 0 Å². The van der Waals surface area contributed by atoms with Crippen LogP contribution in [-0.4, -0.2) is 30.5 Å². The third-order valence-corrected chi connectivity index (χ3v) is 4.46. The molecule has 0 radical (unpaired) electrons. The van der Waals surface area contributed by atoms with Gasteiger partial charge in [-0.25, -0.2) is 14.0 Å². The molecule has 29 heavy (non-hydrogen) atoms. The van der Waals surface area contributed by atoms with Crippen molar-refractivity contribution in [1.82, 2.24) is 5.32 Å². The summed E-state index contributed by atoms with van der Waals surface area (Å²) in [4.78, 5) is 36.6. The van der Waals surface area contributed by atoms with Crippen LogP contribution in [0.25, 0.3) is 0 Å². The third-order valence-electron chi connectivity index (χ3n) is 4.46. The van der Waals surface area contributed by atoms with Gasteiger partial charge in [0.15, 0.2) is 12.4 Å². The van der Waals surface area contributed by atoms with Gasteiger partial charge in [0.25, 0.3) is 0 Å². The molecule has 0 aromatic heterocycles. The second kappa shape index (κ2) is 10.9. The van der Waals surface area contributed by atoms with Crippen LogP contribution >= 0.6 is 0 Å². The minimum atomic E-state index is -0.954. The molecule has 0 heterocycles. The summed E-state index contributed by atoms with van der Waals surface area (Å²) in [6.07, 6.45) is -0.147. The highest BCUT2D eigenvalue weighted by Gasteiger charge is 2.28. The van der Waals surface area contributed by atoms with Crippen LogP contribution in [0.3, 0.4) is 0 Å². The first-order chi connectivity index (χ1) is 13.9. The Kier molecular flexibility index (Phi) is 8.33. The van der Waals surface area contributed by atoms with Gasteiger partial charge in [0.05, 0.1) is 0 Å². The number of hydrogen-bond donors (Lipinski definition) is 1. The molecular formula is C22H24FNO5. The van der Waals surface area contributed by atoms with E-state index in [-0.39, 0.29) is 18.1 Å². The number of benzene rings is 2. The van der Waals surface area contributed by atoms with E-state index in [0.717, 1.165) is 17.7 Å². The number of Topliss-reactive ketones (excluding diaryl/α,β-unsaturated/α-hetero) is 1. The van der Waals surface area contributed by atoms with Crippen molar-refractivity contribution in [3.05, 3.63) is 71.5 Å². The summed E-state index contributed by atoms with van der Waals surface area (Å²) in [5.74, 6) is -1.89. The molecule has 1 amide bonds. The van der Waals surface area contributed by atoms with Gasteiger partial charge in [0.1, 0.15) is 18.5 Å². The minimum Gasteiger partial charge on any atom is -0.456 e. The van der Waals surface area contributed by atoms with Crippen LogP contribution in [0.5, 0.6) is 0 Å². The lowest BCUT2D eigenvalue weighted by Gasteiger charge is -2.22. The van der Waals surface area contributed by atoms with Gasteiger partial charge in [-0.05, 0) is 35.7 Å². The summed E-state index contributed by atoms with van der Waals surface area (Å²) >= 11 is 0. The van der Waals surface area contributed by atoms with Crippen LogP contribution in [0, 0.1) is 11.7 Å². The van der Waals surface area contributed by atoms with Crippen molar-refractivity contribution in [3.63, 3.8) is 0 Å². The molecular weight excluding hydrogens is 377 g/mol. The number of ketones is 1. The van der Waals surface area contributed by atoms with E-state index in [1.54, 1.807) is 6.92 Å². The van der Waals surface area contributed by atoms with Gasteiger partial charge in [-0.1, -0.05) is 50.6 Å². The maximum atomic E-state index is 12.9. The van der Waals surface area contributed by atoms with Gasteiger partial charge in [0, 0.05) is 5.56 Å². The monoisotopic (exact) mass is 401 g/mol. The first-order valence-electron chi connectivity index (χ1n) is 9.33. The molecule has 7 heteroatoms. The minimum absolute atomic E-state index is 0.0675. The lowest BCUT2D eigenvalue weighted by molar-refractivity contribution is -0.146. The molecule has 1 N–H and O–H groups in total. The summed E-state index contributed by atoms with van der Waals surface area (Å²) in [6.45, 7) is 3.22. The second-order valence-electron chi connectivity index (χ2n) is 6.61. The number of carbonyl (C=O) groups excluding carboxylic acids is 3. The fraction of sp³-hybridized carbons (Fsp3) is 0.318. The summed E-state index contributed by atoms with van der Waals surface area (Å²) in [6, 6.07) is 13.1. The van der Waals surface area contributed by atoms with Gasteiger partial charge in [-0.15, -0.1) is 0 Å². The van der Waals surface area contributed by atoms with E-state index < -0.39 is 36.3 Å². The lowest BCUT2D eigenvalue weighted by atomic mass is 9.99. The Morgan fingerprint density at radius 1 is 1.00 bits per heavy atom. The number of halogens is 1. The van der Waals surface area contributed by atoms with Crippen molar-refractivity contribution in [2.75, 3.05) is 6.61 Å². The summed E-state index contributed by atoms with van der Waals surface area (Å²) in [5, 5.41) is 2.51. The van der Waals surface area contributed by atoms with E-state index in [9.17, 15) is 18.8 Å². The molecule has 0 saturated carbocycles. The highest BCUT2D eigenvalue weighted by molar-refractivity contribution is 5.98. The highest BCUT2D eigenvalue weighted by atomic mass is 19.1. The van der Waals surface area contributed by atoms with Crippen molar-refractivity contribution in [2.24, 2.45) is 5.92 Å². The van der Waals surface area contributed by atoms with E-state index in [2.05, 4.69) is 5.32 Å². The summed E-state index contributed by atoms with van der Waals surface area (Å²) in [7, 11) is 0. The molecule has 0 aliphatic carbocycles. The molecule has 2 aromatic rings. The molecule has 0 saturated heterocycles. The highest BCUT2D eigenvalue weighted by Crippen LogP contribution is 2.11. The summed E-state index contributed by atoms with van der Waals surface area (Å²) < 4.78 is 23.2. The molecule has 154 valence electrons. The van der Waals surface area contributed by atoms with Crippen LogP contribution in [0.2, 0.25) is 0 Å². The predicted octanol–water partition coefficient (Wildman–Crippen LogP) is 3.89. The average Bonchev–Trinajstić information content (AvgIpc) is 2.74. The van der Waals surface area contributed by atoms with Crippen LogP contribution in [0.4, 0.5) is 9.18 Å². The molecule has 0 bridgehead atoms. The van der Waals surface area contributed by atoms with E-state index in [0.29, 0.717) is 6.42 Å². The van der Waals surface area contributed by atoms with Gasteiger partial charge in [-0.2, -0.15) is 0 Å². The first kappa shape index (κ1) is 22.1. The quantitative estimate of drug-likeness (QED) is 0.509. The number of nitrogens with one attached hydrogen (secondary N) is 1. The second-order valence-corrected chi connectivity index (χ2v) is 6.61. The molecule has 0 unspecified atom stereocenters. The number of hydrogen-bond acceptors (Lipinski definition) is 5. The molecule has 2 atom stereocenters. The maximum Gasteiger partial charge on any atom is 0.408 e. The van der Waals surface area contributed by atoms with Gasteiger partial charge in [-0.3, -0.25) is 4.79 Å². The zero-order valence-corrected chi connectivity index (χ0v) is 16.4. The van der Waals surface area contributed by atoms with E-state index in [4.69, 9.17) is 9.47 Å². The topological polar surface area (TPSA) is 81.7 Å². The van der Waals surface area contributed by atoms with Crippen molar-refractivity contribution in [3.8, 4) is 0 Å². The number of amides is 1.